The predicted octanol–water partition coefficient (Wildman–Crippen LogP) is 4.12. The van der Waals surface area contributed by atoms with Crippen molar-refractivity contribution in [2.24, 2.45) is 5.92 Å². The Morgan fingerprint density at radius 1 is 1.40 bits per heavy atom. The third-order valence-electron chi connectivity index (χ3n) is 3.96. The van der Waals surface area contributed by atoms with E-state index in [2.05, 4.69) is 22.9 Å². The van der Waals surface area contributed by atoms with Crippen molar-refractivity contribution in [2.45, 2.75) is 19.8 Å². The molecular formula is C15H17BrN2OS. The van der Waals surface area contributed by atoms with E-state index in [9.17, 15) is 4.79 Å². The van der Waals surface area contributed by atoms with Crippen molar-refractivity contribution in [1.82, 2.24) is 4.90 Å². The van der Waals surface area contributed by atoms with Crippen LogP contribution in [0.4, 0.5) is 5.69 Å². The molecule has 2 aromatic rings. The monoisotopic (exact) mass is 352 g/mol. The Morgan fingerprint density at radius 2 is 2.10 bits per heavy atom. The number of hydrogen-bond donors (Lipinski definition) is 1. The molecular weight excluding hydrogens is 336 g/mol. The minimum absolute atomic E-state index is 0.0896. The number of likely N-dealkylation sites (tertiary alicyclic amines) is 1. The highest BCUT2D eigenvalue weighted by molar-refractivity contribution is 9.10. The number of halogens is 1. The lowest BCUT2D eigenvalue weighted by Gasteiger charge is -2.30. The second-order valence-electron chi connectivity index (χ2n) is 5.46. The zero-order valence-electron chi connectivity index (χ0n) is 11.4. The number of fused-ring (bicyclic) bond motifs is 1. The summed E-state index contributed by atoms with van der Waals surface area (Å²) in [5.74, 6) is 0.807. The fourth-order valence-corrected chi connectivity index (χ4v) is 4.25. The van der Waals surface area contributed by atoms with Gasteiger partial charge < -0.3 is 10.6 Å². The zero-order chi connectivity index (χ0) is 14.3. The van der Waals surface area contributed by atoms with Crippen molar-refractivity contribution < 1.29 is 4.79 Å². The van der Waals surface area contributed by atoms with E-state index >= 15 is 0 Å². The molecule has 0 unspecified atom stereocenters. The van der Waals surface area contributed by atoms with Gasteiger partial charge in [0.25, 0.3) is 5.91 Å². The minimum Gasteiger partial charge on any atom is -0.397 e. The Kier molecular flexibility index (Phi) is 3.73. The van der Waals surface area contributed by atoms with Crippen molar-refractivity contribution >= 4 is 48.9 Å². The number of anilines is 1. The van der Waals surface area contributed by atoms with Crippen molar-refractivity contribution in [3.63, 3.8) is 0 Å². The maximum atomic E-state index is 12.6. The fraction of sp³-hybridized carbons (Fsp3) is 0.400. The molecule has 0 saturated carbocycles. The normalized spacial score (nSPS) is 16.8. The van der Waals surface area contributed by atoms with E-state index < -0.39 is 0 Å². The molecule has 0 aliphatic carbocycles. The third-order valence-corrected chi connectivity index (χ3v) is 5.61. The number of nitrogens with two attached hydrogens (primary N) is 1. The van der Waals surface area contributed by atoms with Crippen LogP contribution in [-0.4, -0.2) is 23.9 Å². The van der Waals surface area contributed by atoms with Crippen LogP contribution in [0.15, 0.2) is 22.7 Å². The van der Waals surface area contributed by atoms with Crippen LogP contribution in [0.2, 0.25) is 0 Å². The first-order valence-electron chi connectivity index (χ1n) is 6.83. The summed E-state index contributed by atoms with van der Waals surface area (Å²) < 4.78 is 2.07. The van der Waals surface area contributed by atoms with Gasteiger partial charge in [-0.15, -0.1) is 11.3 Å². The summed E-state index contributed by atoms with van der Waals surface area (Å²) in [7, 11) is 0. The van der Waals surface area contributed by atoms with Gasteiger partial charge in [0.15, 0.2) is 0 Å². The number of piperidine rings is 1. The molecule has 0 radical (unpaired) electrons. The van der Waals surface area contributed by atoms with Crippen LogP contribution < -0.4 is 5.73 Å². The highest BCUT2D eigenvalue weighted by Crippen LogP contribution is 2.36. The molecule has 5 heteroatoms. The molecule has 3 nitrogen and oxygen atoms in total. The van der Waals surface area contributed by atoms with Gasteiger partial charge in [-0.05, 0) is 30.9 Å². The number of amides is 1. The van der Waals surface area contributed by atoms with E-state index in [0.29, 0.717) is 10.6 Å². The largest absolute Gasteiger partial charge is 0.397 e. The Hall–Kier alpha value is -1.07. The number of carbonyl (C=O) groups is 1. The average Bonchev–Trinajstić information content (AvgIpc) is 2.75. The van der Waals surface area contributed by atoms with E-state index in [0.717, 1.165) is 46.4 Å². The van der Waals surface area contributed by atoms with Gasteiger partial charge in [-0.1, -0.05) is 28.9 Å². The highest BCUT2D eigenvalue weighted by Gasteiger charge is 2.25. The molecule has 20 heavy (non-hydrogen) atoms. The van der Waals surface area contributed by atoms with E-state index in [1.165, 1.54) is 11.3 Å². The first-order valence-corrected chi connectivity index (χ1v) is 8.44. The number of carbonyl (C=O) groups excluding carboxylic acids is 1. The SMILES string of the molecule is CC1CCN(C(=O)c2sc3cc(Br)ccc3c2N)CC1. The zero-order valence-corrected chi connectivity index (χ0v) is 13.8. The van der Waals surface area contributed by atoms with Crippen LogP contribution >= 0.6 is 27.3 Å². The summed E-state index contributed by atoms with van der Waals surface area (Å²) in [6.07, 6.45) is 2.17. The second-order valence-corrected chi connectivity index (χ2v) is 7.43. The molecule has 3 rings (SSSR count). The van der Waals surface area contributed by atoms with Gasteiger partial charge in [0.05, 0.1) is 5.69 Å². The molecule has 1 aliphatic heterocycles. The summed E-state index contributed by atoms with van der Waals surface area (Å²) >= 11 is 4.95. The lowest BCUT2D eigenvalue weighted by atomic mass is 9.99. The Labute approximate surface area is 130 Å². The van der Waals surface area contributed by atoms with Gasteiger partial charge in [0, 0.05) is 27.6 Å². The van der Waals surface area contributed by atoms with Gasteiger partial charge >= 0.3 is 0 Å². The number of rotatable bonds is 1. The fourth-order valence-electron chi connectivity index (χ4n) is 2.60. The number of nitrogen functional groups attached to an aromatic ring is 1. The summed E-state index contributed by atoms with van der Waals surface area (Å²) in [5, 5.41) is 0.979. The highest BCUT2D eigenvalue weighted by atomic mass is 79.9. The topological polar surface area (TPSA) is 46.3 Å². The van der Waals surface area contributed by atoms with Crippen molar-refractivity contribution in [2.75, 3.05) is 18.8 Å². The van der Waals surface area contributed by atoms with Gasteiger partial charge in [-0.25, -0.2) is 0 Å². The molecule has 1 saturated heterocycles. The second kappa shape index (κ2) is 5.37. The molecule has 1 aromatic heterocycles. The first kappa shape index (κ1) is 13.9. The van der Waals surface area contributed by atoms with Gasteiger partial charge in [-0.3, -0.25) is 4.79 Å². The van der Waals surface area contributed by atoms with Gasteiger partial charge in [0.1, 0.15) is 4.88 Å². The number of benzene rings is 1. The van der Waals surface area contributed by atoms with Crippen molar-refractivity contribution in [3.8, 4) is 0 Å². The van der Waals surface area contributed by atoms with Crippen LogP contribution in [0.1, 0.15) is 29.4 Å². The van der Waals surface area contributed by atoms with Gasteiger partial charge in [-0.2, -0.15) is 0 Å². The van der Waals surface area contributed by atoms with E-state index in [1.54, 1.807) is 0 Å². The molecule has 1 aromatic carbocycles. The van der Waals surface area contributed by atoms with Crippen LogP contribution in [0.5, 0.6) is 0 Å². The Morgan fingerprint density at radius 3 is 2.80 bits per heavy atom. The average molecular weight is 353 g/mol. The molecule has 0 atom stereocenters. The number of hydrogen-bond acceptors (Lipinski definition) is 3. The Balaban J connectivity index is 1.93. The summed E-state index contributed by atoms with van der Waals surface area (Å²) in [5.41, 5.74) is 6.80. The number of thiophene rings is 1. The molecule has 0 bridgehead atoms. The van der Waals surface area contributed by atoms with E-state index in [1.807, 2.05) is 23.1 Å². The molecule has 106 valence electrons. The third kappa shape index (κ3) is 2.44. The molecule has 1 amide bonds. The molecule has 2 N–H and O–H groups in total. The summed E-state index contributed by atoms with van der Waals surface area (Å²) in [6, 6.07) is 5.95. The van der Waals surface area contributed by atoms with Crippen LogP contribution in [-0.2, 0) is 0 Å². The predicted molar refractivity (Wildman–Crippen MR) is 88.2 cm³/mol. The molecule has 1 aliphatic rings. The maximum absolute atomic E-state index is 12.6. The van der Waals surface area contributed by atoms with E-state index in [4.69, 9.17) is 5.73 Å². The quantitative estimate of drug-likeness (QED) is 0.838. The molecule has 2 heterocycles. The van der Waals surface area contributed by atoms with Gasteiger partial charge in [0.2, 0.25) is 0 Å². The molecule has 0 spiro atoms. The Bertz CT molecular complexity index is 659. The first-order chi connectivity index (χ1) is 9.56. The summed E-state index contributed by atoms with van der Waals surface area (Å²) in [6.45, 7) is 3.93. The molecule has 1 fully saturated rings. The van der Waals surface area contributed by atoms with Crippen LogP contribution in [0.3, 0.4) is 0 Å². The maximum Gasteiger partial charge on any atom is 0.266 e. The van der Waals surface area contributed by atoms with E-state index in [-0.39, 0.29) is 5.91 Å². The lowest BCUT2D eigenvalue weighted by molar-refractivity contribution is 0.0703. The van der Waals surface area contributed by atoms with Crippen molar-refractivity contribution in [3.05, 3.63) is 27.5 Å². The number of nitrogens with zero attached hydrogens (tertiary/aromatic N) is 1. The van der Waals surface area contributed by atoms with Crippen LogP contribution in [0, 0.1) is 5.92 Å². The van der Waals surface area contributed by atoms with Crippen LogP contribution in [0.25, 0.3) is 10.1 Å². The standard InChI is InChI=1S/C15H17BrN2OS/c1-9-4-6-18(7-5-9)15(19)14-13(17)11-3-2-10(16)8-12(11)20-14/h2-3,8-9H,4-7,17H2,1H3. The lowest BCUT2D eigenvalue weighted by Crippen LogP contribution is -2.37. The summed E-state index contributed by atoms with van der Waals surface area (Å²) in [4.78, 5) is 15.3. The van der Waals surface area contributed by atoms with Crippen molar-refractivity contribution in [1.29, 1.82) is 0 Å². The minimum atomic E-state index is 0.0896. The smallest absolute Gasteiger partial charge is 0.266 e.